The van der Waals surface area contributed by atoms with E-state index in [1.165, 1.54) is 19.3 Å². The van der Waals surface area contributed by atoms with Crippen LogP contribution in [0, 0.1) is 0 Å². The predicted octanol–water partition coefficient (Wildman–Crippen LogP) is 2.11. The summed E-state index contributed by atoms with van der Waals surface area (Å²) >= 11 is 0. The third-order valence-corrected chi connectivity index (χ3v) is 4.87. The summed E-state index contributed by atoms with van der Waals surface area (Å²) in [6.07, 6.45) is 7.89. The Hall–Kier alpha value is -1.10. The summed E-state index contributed by atoms with van der Waals surface area (Å²) in [5, 5.41) is 9.22. The molecular weight excluding hydrogens is 268 g/mol. The van der Waals surface area contributed by atoms with Crippen LogP contribution in [0.1, 0.15) is 58.8 Å². The smallest absolute Gasteiger partial charge is 0.320 e. The highest BCUT2D eigenvalue weighted by Crippen LogP contribution is 2.29. The summed E-state index contributed by atoms with van der Waals surface area (Å²) in [6.45, 7) is 4.69. The van der Waals surface area contributed by atoms with E-state index >= 15 is 0 Å². The van der Waals surface area contributed by atoms with Crippen LogP contribution < -0.4 is 0 Å². The van der Waals surface area contributed by atoms with Gasteiger partial charge in [0.15, 0.2) is 0 Å². The van der Waals surface area contributed by atoms with E-state index < -0.39 is 12.0 Å². The minimum atomic E-state index is -0.838. The molecule has 0 aromatic rings. The summed E-state index contributed by atoms with van der Waals surface area (Å²) in [6, 6.07) is 0.0639. The summed E-state index contributed by atoms with van der Waals surface area (Å²) in [5.74, 6) is -0.736. The van der Waals surface area contributed by atoms with Gasteiger partial charge in [0.25, 0.3) is 0 Å². The number of carboxylic acid groups (broad SMARTS) is 1. The zero-order chi connectivity index (χ0) is 15.4. The topological polar surface area (TPSA) is 60.9 Å². The molecule has 2 aliphatic rings. The minimum Gasteiger partial charge on any atom is -0.480 e. The Kier molecular flexibility index (Phi) is 5.62. The second kappa shape index (κ2) is 7.25. The molecule has 5 nitrogen and oxygen atoms in total. The molecule has 1 unspecified atom stereocenters. The van der Waals surface area contributed by atoms with Crippen LogP contribution in [0.15, 0.2) is 0 Å². The highest BCUT2D eigenvalue weighted by molar-refractivity contribution is 5.80. The predicted molar refractivity (Wildman–Crippen MR) is 81.1 cm³/mol. The molecule has 1 N–H and O–H groups in total. The largest absolute Gasteiger partial charge is 0.480 e. The second-order valence-corrected chi connectivity index (χ2v) is 6.39. The van der Waals surface area contributed by atoms with Crippen LogP contribution in [0.5, 0.6) is 0 Å². The maximum Gasteiger partial charge on any atom is 0.320 e. The average molecular weight is 296 g/mol. The van der Waals surface area contributed by atoms with Crippen molar-refractivity contribution in [2.45, 2.75) is 76.9 Å². The maximum atomic E-state index is 12.6. The Balaban J connectivity index is 1.97. The maximum absolute atomic E-state index is 12.6. The standard InChI is InChI=1S/C16H28N2O3/c1-3-17(13-7-5-4-6-8-13)15(19)11-18(14-9-10-14)12(2)16(20)21/h12-14H,3-11H2,1-2H3,(H,20,21). The third kappa shape index (κ3) is 4.19. The first-order chi connectivity index (χ1) is 10.0. The zero-order valence-corrected chi connectivity index (χ0v) is 13.3. The lowest BCUT2D eigenvalue weighted by Gasteiger charge is -2.36. The number of rotatable bonds is 7. The van der Waals surface area contributed by atoms with Crippen molar-refractivity contribution in [1.82, 2.24) is 9.80 Å². The molecule has 120 valence electrons. The molecule has 5 heteroatoms. The molecule has 0 radical (unpaired) electrons. The van der Waals surface area contributed by atoms with Crippen molar-refractivity contribution in [3.8, 4) is 0 Å². The van der Waals surface area contributed by atoms with Crippen LogP contribution in [0.4, 0.5) is 0 Å². The van der Waals surface area contributed by atoms with E-state index in [2.05, 4.69) is 0 Å². The van der Waals surface area contributed by atoms with E-state index in [9.17, 15) is 14.7 Å². The molecule has 0 aliphatic heterocycles. The van der Waals surface area contributed by atoms with E-state index in [1.54, 1.807) is 6.92 Å². The van der Waals surface area contributed by atoms with E-state index in [1.807, 2.05) is 16.7 Å². The molecule has 1 amide bonds. The normalized spacial score (nSPS) is 21.3. The van der Waals surface area contributed by atoms with Gasteiger partial charge in [-0.3, -0.25) is 14.5 Å². The number of nitrogens with zero attached hydrogens (tertiary/aromatic N) is 2. The quantitative estimate of drug-likeness (QED) is 0.781. The van der Waals surface area contributed by atoms with Gasteiger partial charge in [0, 0.05) is 18.6 Å². The van der Waals surface area contributed by atoms with Gasteiger partial charge in [-0.25, -0.2) is 0 Å². The van der Waals surface area contributed by atoms with Crippen LogP contribution in [-0.4, -0.2) is 58.0 Å². The average Bonchev–Trinajstić information content (AvgIpc) is 3.30. The van der Waals surface area contributed by atoms with Gasteiger partial charge in [0.05, 0.1) is 6.54 Å². The van der Waals surface area contributed by atoms with Crippen LogP contribution >= 0.6 is 0 Å². The fraction of sp³-hybridized carbons (Fsp3) is 0.875. The lowest BCUT2D eigenvalue weighted by atomic mass is 9.94. The molecule has 2 rings (SSSR count). The van der Waals surface area contributed by atoms with Crippen molar-refractivity contribution in [2.75, 3.05) is 13.1 Å². The number of carbonyl (C=O) groups excluding carboxylic acids is 1. The molecule has 0 spiro atoms. The molecule has 2 saturated carbocycles. The van der Waals surface area contributed by atoms with Crippen molar-refractivity contribution in [2.24, 2.45) is 0 Å². The number of carboxylic acids is 1. The first kappa shape index (κ1) is 16.3. The highest BCUT2D eigenvalue weighted by atomic mass is 16.4. The Bertz CT molecular complexity index is 376. The van der Waals surface area contributed by atoms with Crippen molar-refractivity contribution < 1.29 is 14.7 Å². The van der Waals surface area contributed by atoms with Gasteiger partial charge in [-0.15, -0.1) is 0 Å². The number of aliphatic carboxylic acids is 1. The molecule has 21 heavy (non-hydrogen) atoms. The molecule has 1 atom stereocenters. The molecule has 0 bridgehead atoms. The summed E-state index contributed by atoms with van der Waals surface area (Å²) in [7, 11) is 0. The fourth-order valence-electron chi connectivity index (χ4n) is 3.41. The summed E-state index contributed by atoms with van der Waals surface area (Å²) in [5.41, 5.74) is 0. The highest BCUT2D eigenvalue weighted by Gasteiger charge is 2.37. The van der Waals surface area contributed by atoms with Gasteiger partial charge >= 0.3 is 5.97 Å². The van der Waals surface area contributed by atoms with Crippen molar-refractivity contribution in [3.05, 3.63) is 0 Å². The molecular formula is C16H28N2O3. The summed E-state index contributed by atoms with van der Waals surface area (Å²) < 4.78 is 0. The third-order valence-electron chi connectivity index (χ3n) is 4.87. The Morgan fingerprint density at radius 2 is 1.71 bits per heavy atom. The van der Waals surface area contributed by atoms with E-state index in [0.29, 0.717) is 6.04 Å². The first-order valence-electron chi connectivity index (χ1n) is 8.32. The van der Waals surface area contributed by atoms with Crippen molar-refractivity contribution in [3.63, 3.8) is 0 Å². The number of amides is 1. The Morgan fingerprint density at radius 3 is 2.19 bits per heavy atom. The SMILES string of the molecule is CCN(C(=O)CN(C1CC1)C(C)C(=O)O)C1CCCCC1. The number of carbonyl (C=O) groups is 2. The molecule has 0 heterocycles. The Labute approximate surface area is 127 Å². The van der Waals surface area contributed by atoms with Gasteiger partial charge < -0.3 is 10.0 Å². The van der Waals surface area contributed by atoms with Crippen LogP contribution in [0.3, 0.4) is 0 Å². The van der Waals surface area contributed by atoms with Crippen LogP contribution in [0.2, 0.25) is 0 Å². The molecule has 2 fully saturated rings. The minimum absolute atomic E-state index is 0.101. The van der Waals surface area contributed by atoms with Crippen LogP contribution in [0.25, 0.3) is 0 Å². The second-order valence-electron chi connectivity index (χ2n) is 6.39. The van der Waals surface area contributed by atoms with E-state index in [0.717, 1.165) is 32.2 Å². The van der Waals surface area contributed by atoms with Crippen LogP contribution in [-0.2, 0) is 9.59 Å². The molecule has 0 aromatic heterocycles. The Morgan fingerprint density at radius 1 is 1.10 bits per heavy atom. The van der Waals surface area contributed by atoms with E-state index in [4.69, 9.17) is 0 Å². The van der Waals surface area contributed by atoms with Gasteiger partial charge in [0.1, 0.15) is 6.04 Å². The summed E-state index contributed by atoms with van der Waals surface area (Å²) in [4.78, 5) is 27.7. The lowest BCUT2D eigenvalue weighted by molar-refractivity contribution is -0.145. The first-order valence-corrected chi connectivity index (χ1v) is 8.32. The van der Waals surface area contributed by atoms with Gasteiger partial charge in [-0.2, -0.15) is 0 Å². The zero-order valence-electron chi connectivity index (χ0n) is 13.3. The van der Waals surface area contributed by atoms with Gasteiger partial charge in [0.2, 0.25) is 5.91 Å². The number of hydrogen-bond acceptors (Lipinski definition) is 3. The number of hydrogen-bond donors (Lipinski definition) is 1. The monoisotopic (exact) mass is 296 g/mol. The lowest BCUT2D eigenvalue weighted by Crippen LogP contribution is -2.50. The van der Waals surface area contributed by atoms with Gasteiger partial charge in [-0.1, -0.05) is 19.3 Å². The molecule has 0 saturated heterocycles. The molecule has 2 aliphatic carbocycles. The van der Waals surface area contributed by atoms with Crippen molar-refractivity contribution >= 4 is 11.9 Å². The van der Waals surface area contributed by atoms with E-state index in [-0.39, 0.29) is 18.5 Å². The molecule has 0 aromatic carbocycles. The van der Waals surface area contributed by atoms with Crippen molar-refractivity contribution in [1.29, 1.82) is 0 Å². The number of likely N-dealkylation sites (N-methyl/N-ethyl adjacent to an activating group) is 1. The fourth-order valence-corrected chi connectivity index (χ4v) is 3.41. The van der Waals surface area contributed by atoms with Gasteiger partial charge in [-0.05, 0) is 39.5 Å².